The van der Waals surface area contributed by atoms with Crippen molar-refractivity contribution in [3.63, 3.8) is 0 Å². The minimum atomic E-state index is 1.23. The van der Waals surface area contributed by atoms with Crippen LogP contribution in [0.2, 0.25) is 0 Å². The molecular formula is C16H26. The first kappa shape index (κ1) is 13.3. The summed E-state index contributed by atoms with van der Waals surface area (Å²) in [5.74, 6) is 0. The van der Waals surface area contributed by atoms with E-state index in [2.05, 4.69) is 38.1 Å². The van der Waals surface area contributed by atoms with Gasteiger partial charge in [-0.2, -0.15) is 0 Å². The summed E-state index contributed by atoms with van der Waals surface area (Å²) in [6.45, 7) is 4.52. The van der Waals surface area contributed by atoms with Gasteiger partial charge in [0.2, 0.25) is 0 Å². The molecule has 0 aliphatic heterocycles. The van der Waals surface area contributed by atoms with Crippen molar-refractivity contribution in [3.8, 4) is 0 Å². The summed E-state index contributed by atoms with van der Waals surface area (Å²) >= 11 is 0. The van der Waals surface area contributed by atoms with Gasteiger partial charge in [0.25, 0.3) is 0 Å². The molecule has 0 heteroatoms. The molecule has 90 valence electrons. The van der Waals surface area contributed by atoms with Crippen molar-refractivity contribution < 1.29 is 0 Å². The van der Waals surface area contributed by atoms with Crippen LogP contribution >= 0.6 is 0 Å². The molecule has 1 rings (SSSR count). The van der Waals surface area contributed by atoms with Crippen LogP contribution in [-0.4, -0.2) is 0 Å². The molecule has 0 saturated carbocycles. The maximum atomic E-state index is 2.39. The third-order valence-electron chi connectivity index (χ3n) is 3.10. The molecule has 0 fully saturated rings. The van der Waals surface area contributed by atoms with Crippen molar-refractivity contribution in [3.05, 3.63) is 35.4 Å². The van der Waals surface area contributed by atoms with E-state index in [0.717, 1.165) is 0 Å². The second-order valence-electron chi connectivity index (χ2n) is 4.73. The van der Waals surface area contributed by atoms with E-state index in [1.165, 1.54) is 62.5 Å². The standard InChI is InChI=1S/C16H26/c1-3-5-6-7-8-11-16-13-9-12-15(14-16)10-4-2/h9,12-14H,3-8,10-11H2,1-2H3. The van der Waals surface area contributed by atoms with Gasteiger partial charge in [-0.15, -0.1) is 0 Å². The van der Waals surface area contributed by atoms with Crippen molar-refractivity contribution in [2.24, 2.45) is 0 Å². The molecule has 0 aliphatic carbocycles. The van der Waals surface area contributed by atoms with Gasteiger partial charge in [-0.05, 0) is 30.4 Å². The van der Waals surface area contributed by atoms with Crippen LogP contribution in [-0.2, 0) is 12.8 Å². The third kappa shape index (κ3) is 5.34. The number of aryl methyl sites for hydroxylation is 2. The summed E-state index contributed by atoms with van der Waals surface area (Å²) in [4.78, 5) is 0. The summed E-state index contributed by atoms with van der Waals surface area (Å²) in [5.41, 5.74) is 3.04. The van der Waals surface area contributed by atoms with Crippen molar-refractivity contribution in [1.82, 2.24) is 0 Å². The Morgan fingerprint density at radius 2 is 1.44 bits per heavy atom. The van der Waals surface area contributed by atoms with Gasteiger partial charge in [0.05, 0.1) is 0 Å². The fourth-order valence-corrected chi connectivity index (χ4v) is 2.16. The van der Waals surface area contributed by atoms with Gasteiger partial charge in [-0.1, -0.05) is 70.2 Å². The van der Waals surface area contributed by atoms with E-state index in [1.54, 1.807) is 0 Å². The fraction of sp³-hybridized carbons (Fsp3) is 0.625. The molecular weight excluding hydrogens is 192 g/mol. The minimum Gasteiger partial charge on any atom is -0.0654 e. The highest BCUT2D eigenvalue weighted by Gasteiger charge is 1.96. The third-order valence-corrected chi connectivity index (χ3v) is 3.10. The second kappa shape index (κ2) is 8.38. The molecule has 0 amide bonds. The monoisotopic (exact) mass is 218 g/mol. The Morgan fingerprint density at radius 1 is 0.750 bits per heavy atom. The van der Waals surface area contributed by atoms with Crippen LogP contribution < -0.4 is 0 Å². The maximum Gasteiger partial charge on any atom is -0.0279 e. The van der Waals surface area contributed by atoms with Crippen LogP contribution in [0.3, 0.4) is 0 Å². The normalized spacial score (nSPS) is 10.6. The summed E-state index contributed by atoms with van der Waals surface area (Å²) in [6, 6.07) is 9.14. The molecule has 1 aromatic carbocycles. The Hall–Kier alpha value is -0.780. The van der Waals surface area contributed by atoms with Crippen LogP contribution in [0.5, 0.6) is 0 Å². The molecule has 0 heterocycles. The largest absolute Gasteiger partial charge is 0.0654 e. The van der Waals surface area contributed by atoms with E-state index in [4.69, 9.17) is 0 Å². The lowest BCUT2D eigenvalue weighted by molar-refractivity contribution is 0.632. The smallest absolute Gasteiger partial charge is 0.0279 e. The van der Waals surface area contributed by atoms with Crippen LogP contribution in [0.25, 0.3) is 0 Å². The van der Waals surface area contributed by atoms with E-state index in [1.807, 2.05) is 0 Å². The lowest BCUT2D eigenvalue weighted by atomic mass is 10.0. The summed E-state index contributed by atoms with van der Waals surface area (Å²) in [5, 5.41) is 0. The van der Waals surface area contributed by atoms with Gasteiger partial charge in [-0.25, -0.2) is 0 Å². The number of hydrogen-bond acceptors (Lipinski definition) is 0. The van der Waals surface area contributed by atoms with Crippen LogP contribution in [0.15, 0.2) is 24.3 Å². The fourth-order valence-electron chi connectivity index (χ4n) is 2.16. The van der Waals surface area contributed by atoms with Gasteiger partial charge >= 0.3 is 0 Å². The highest BCUT2D eigenvalue weighted by molar-refractivity contribution is 5.23. The average molecular weight is 218 g/mol. The molecule has 0 spiro atoms. The molecule has 0 bridgehead atoms. The van der Waals surface area contributed by atoms with Gasteiger partial charge in [0.1, 0.15) is 0 Å². The topological polar surface area (TPSA) is 0 Å². The number of rotatable bonds is 8. The Bertz CT molecular complexity index is 275. The molecule has 0 N–H and O–H groups in total. The first-order valence-corrected chi connectivity index (χ1v) is 6.94. The number of unbranched alkanes of at least 4 members (excludes halogenated alkanes) is 4. The second-order valence-corrected chi connectivity index (χ2v) is 4.73. The molecule has 0 aliphatic rings. The summed E-state index contributed by atoms with van der Waals surface area (Å²) in [7, 11) is 0. The van der Waals surface area contributed by atoms with Crippen molar-refractivity contribution in [1.29, 1.82) is 0 Å². The molecule has 1 aromatic rings. The van der Waals surface area contributed by atoms with Gasteiger partial charge in [-0.3, -0.25) is 0 Å². The van der Waals surface area contributed by atoms with E-state index in [9.17, 15) is 0 Å². The van der Waals surface area contributed by atoms with Gasteiger partial charge in [0, 0.05) is 0 Å². The molecule has 0 radical (unpaired) electrons. The van der Waals surface area contributed by atoms with Crippen molar-refractivity contribution in [2.45, 2.75) is 65.2 Å². The molecule has 16 heavy (non-hydrogen) atoms. The molecule has 0 aromatic heterocycles. The molecule has 0 unspecified atom stereocenters. The zero-order valence-corrected chi connectivity index (χ0v) is 11.0. The Labute approximate surface area is 101 Å². The SMILES string of the molecule is CCCCCCCc1cccc(CCC)c1. The summed E-state index contributed by atoms with van der Waals surface area (Å²) in [6.07, 6.45) is 10.6. The average Bonchev–Trinajstić information content (AvgIpc) is 2.30. The van der Waals surface area contributed by atoms with Gasteiger partial charge < -0.3 is 0 Å². The van der Waals surface area contributed by atoms with E-state index in [-0.39, 0.29) is 0 Å². The first-order valence-electron chi connectivity index (χ1n) is 6.94. The maximum absolute atomic E-state index is 2.39. The number of benzene rings is 1. The summed E-state index contributed by atoms with van der Waals surface area (Å²) < 4.78 is 0. The quantitative estimate of drug-likeness (QED) is 0.529. The van der Waals surface area contributed by atoms with Gasteiger partial charge in [0.15, 0.2) is 0 Å². The van der Waals surface area contributed by atoms with Crippen molar-refractivity contribution >= 4 is 0 Å². The Balaban J connectivity index is 2.27. The van der Waals surface area contributed by atoms with Crippen LogP contribution in [0.1, 0.15) is 63.5 Å². The molecule has 0 atom stereocenters. The van der Waals surface area contributed by atoms with E-state index in [0.29, 0.717) is 0 Å². The van der Waals surface area contributed by atoms with E-state index < -0.39 is 0 Å². The zero-order valence-electron chi connectivity index (χ0n) is 11.0. The Morgan fingerprint density at radius 3 is 2.12 bits per heavy atom. The number of hydrogen-bond donors (Lipinski definition) is 0. The predicted molar refractivity (Wildman–Crippen MR) is 72.9 cm³/mol. The van der Waals surface area contributed by atoms with Crippen molar-refractivity contribution in [2.75, 3.05) is 0 Å². The van der Waals surface area contributed by atoms with Crippen LogP contribution in [0.4, 0.5) is 0 Å². The van der Waals surface area contributed by atoms with Crippen LogP contribution in [0, 0.1) is 0 Å². The predicted octanol–water partition coefficient (Wildman–Crippen LogP) is 5.15. The highest BCUT2D eigenvalue weighted by Crippen LogP contribution is 2.12. The first-order chi connectivity index (χ1) is 7.86. The zero-order chi connectivity index (χ0) is 11.6. The lowest BCUT2D eigenvalue weighted by Crippen LogP contribution is -1.89. The molecule has 0 nitrogen and oxygen atoms in total. The lowest BCUT2D eigenvalue weighted by Gasteiger charge is -2.04. The highest BCUT2D eigenvalue weighted by atomic mass is 14.0. The minimum absolute atomic E-state index is 1.23. The van der Waals surface area contributed by atoms with E-state index >= 15 is 0 Å². The Kier molecular flexibility index (Phi) is 6.96. The molecule has 0 saturated heterocycles.